The second-order valence-corrected chi connectivity index (χ2v) is 4.26. The molecular formula is C15H16O3. The lowest BCUT2D eigenvalue weighted by Gasteiger charge is -2.09. The van der Waals surface area contributed by atoms with E-state index in [9.17, 15) is 4.79 Å². The summed E-state index contributed by atoms with van der Waals surface area (Å²) in [6, 6.07) is 11.5. The zero-order valence-corrected chi connectivity index (χ0v) is 10.5. The number of hydrogen-bond acceptors (Lipinski definition) is 2. The number of aliphatic carboxylic acids is 1. The number of carboxylic acids is 1. The van der Waals surface area contributed by atoms with E-state index in [1.54, 1.807) is 6.92 Å². The van der Waals surface area contributed by atoms with E-state index in [1.807, 2.05) is 43.3 Å². The van der Waals surface area contributed by atoms with Crippen LogP contribution in [-0.2, 0) is 4.79 Å². The number of benzene rings is 2. The highest BCUT2D eigenvalue weighted by Gasteiger charge is 2.13. The molecule has 0 aromatic heterocycles. The van der Waals surface area contributed by atoms with Crippen LogP contribution >= 0.6 is 0 Å². The van der Waals surface area contributed by atoms with Gasteiger partial charge in [-0.2, -0.15) is 0 Å². The molecule has 2 aromatic rings. The van der Waals surface area contributed by atoms with Crippen LogP contribution < -0.4 is 4.74 Å². The Hall–Kier alpha value is -2.03. The molecule has 0 aliphatic rings. The molecule has 2 aromatic carbocycles. The Labute approximate surface area is 106 Å². The zero-order chi connectivity index (χ0) is 13.1. The van der Waals surface area contributed by atoms with Gasteiger partial charge in [0.15, 0.2) is 0 Å². The third-order valence-corrected chi connectivity index (χ3v) is 3.02. The molecule has 18 heavy (non-hydrogen) atoms. The van der Waals surface area contributed by atoms with E-state index in [0.717, 1.165) is 22.1 Å². The SMILES string of the molecule is CCOc1ccc2cc([C@H](C)C(=O)O)ccc2c1. The minimum Gasteiger partial charge on any atom is -0.494 e. The van der Waals surface area contributed by atoms with Crippen LogP contribution in [0.1, 0.15) is 25.3 Å². The molecule has 3 nitrogen and oxygen atoms in total. The lowest BCUT2D eigenvalue weighted by Crippen LogP contribution is -2.07. The molecule has 94 valence electrons. The van der Waals surface area contributed by atoms with Gasteiger partial charge in [0, 0.05) is 0 Å². The van der Waals surface area contributed by atoms with Crippen LogP contribution in [0.4, 0.5) is 0 Å². The number of carboxylic acid groups (broad SMARTS) is 1. The summed E-state index contributed by atoms with van der Waals surface area (Å²) in [5, 5.41) is 11.1. The molecule has 0 spiro atoms. The fourth-order valence-electron chi connectivity index (χ4n) is 1.91. The molecule has 0 amide bonds. The molecule has 3 heteroatoms. The molecule has 1 atom stereocenters. The van der Waals surface area contributed by atoms with Crippen molar-refractivity contribution in [2.24, 2.45) is 0 Å². The lowest BCUT2D eigenvalue weighted by molar-refractivity contribution is -0.138. The van der Waals surface area contributed by atoms with Crippen LogP contribution in [0.3, 0.4) is 0 Å². The Balaban J connectivity index is 2.41. The first kappa shape index (κ1) is 12.4. The summed E-state index contributed by atoms with van der Waals surface area (Å²) >= 11 is 0. The fourth-order valence-corrected chi connectivity index (χ4v) is 1.91. The van der Waals surface area contributed by atoms with Crippen LogP contribution in [-0.4, -0.2) is 17.7 Å². The van der Waals surface area contributed by atoms with Crippen molar-refractivity contribution < 1.29 is 14.6 Å². The summed E-state index contributed by atoms with van der Waals surface area (Å²) in [7, 11) is 0. The van der Waals surface area contributed by atoms with Crippen LogP contribution in [0, 0.1) is 0 Å². The van der Waals surface area contributed by atoms with E-state index >= 15 is 0 Å². The first-order valence-electron chi connectivity index (χ1n) is 6.01. The maximum atomic E-state index is 11.0. The first-order chi connectivity index (χ1) is 8.61. The van der Waals surface area contributed by atoms with Gasteiger partial charge in [-0.05, 0) is 42.3 Å². The highest BCUT2D eigenvalue weighted by molar-refractivity contribution is 5.86. The Morgan fingerprint density at radius 1 is 1.22 bits per heavy atom. The van der Waals surface area contributed by atoms with Crippen LogP contribution in [0.25, 0.3) is 10.8 Å². The van der Waals surface area contributed by atoms with Crippen LogP contribution in [0.2, 0.25) is 0 Å². The number of ether oxygens (including phenoxy) is 1. The van der Waals surface area contributed by atoms with E-state index in [2.05, 4.69) is 0 Å². The Morgan fingerprint density at radius 2 is 1.89 bits per heavy atom. The number of carbonyl (C=O) groups is 1. The van der Waals surface area contributed by atoms with Crippen molar-refractivity contribution in [1.82, 2.24) is 0 Å². The number of fused-ring (bicyclic) bond motifs is 1. The van der Waals surface area contributed by atoms with Gasteiger partial charge in [0.05, 0.1) is 12.5 Å². The van der Waals surface area contributed by atoms with Crippen molar-refractivity contribution in [3.05, 3.63) is 42.0 Å². The van der Waals surface area contributed by atoms with Crippen molar-refractivity contribution >= 4 is 16.7 Å². The van der Waals surface area contributed by atoms with Gasteiger partial charge in [-0.3, -0.25) is 4.79 Å². The Morgan fingerprint density at radius 3 is 2.56 bits per heavy atom. The normalized spacial score (nSPS) is 12.3. The minimum absolute atomic E-state index is 0.485. The Bertz CT molecular complexity index is 575. The van der Waals surface area contributed by atoms with E-state index in [1.165, 1.54) is 0 Å². The fraction of sp³-hybridized carbons (Fsp3) is 0.267. The Kier molecular flexibility index (Phi) is 3.51. The van der Waals surface area contributed by atoms with Gasteiger partial charge in [0.2, 0.25) is 0 Å². The van der Waals surface area contributed by atoms with Crippen molar-refractivity contribution in [3.8, 4) is 5.75 Å². The predicted octanol–water partition coefficient (Wildman–Crippen LogP) is 3.43. The van der Waals surface area contributed by atoms with Gasteiger partial charge in [-0.1, -0.05) is 24.3 Å². The van der Waals surface area contributed by atoms with Gasteiger partial charge >= 0.3 is 5.97 Å². The van der Waals surface area contributed by atoms with E-state index in [0.29, 0.717) is 6.61 Å². The largest absolute Gasteiger partial charge is 0.494 e. The van der Waals surface area contributed by atoms with Crippen molar-refractivity contribution in [2.45, 2.75) is 19.8 Å². The average molecular weight is 244 g/mol. The molecule has 0 saturated heterocycles. The second kappa shape index (κ2) is 5.08. The van der Waals surface area contributed by atoms with E-state index in [4.69, 9.17) is 9.84 Å². The van der Waals surface area contributed by atoms with Gasteiger partial charge in [0.1, 0.15) is 5.75 Å². The number of hydrogen-bond donors (Lipinski definition) is 1. The van der Waals surface area contributed by atoms with Gasteiger partial charge in [-0.15, -0.1) is 0 Å². The summed E-state index contributed by atoms with van der Waals surface area (Å²) in [5.74, 6) is -0.453. The molecule has 0 radical (unpaired) electrons. The standard InChI is InChI=1S/C15H16O3/c1-3-18-14-7-6-12-8-11(10(2)15(16)17)4-5-13(12)9-14/h4-10H,3H2,1-2H3,(H,16,17)/t10-/m0/s1. The van der Waals surface area contributed by atoms with Gasteiger partial charge < -0.3 is 9.84 Å². The van der Waals surface area contributed by atoms with E-state index < -0.39 is 11.9 Å². The minimum atomic E-state index is -0.805. The summed E-state index contributed by atoms with van der Waals surface area (Å²) in [6.45, 7) is 4.28. The van der Waals surface area contributed by atoms with E-state index in [-0.39, 0.29) is 0 Å². The molecule has 0 saturated carbocycles. The van der Waals surface area contributed by atoms with Crippen molar-refractivity contribution in [2.75, 3.05) is 6.61 Å². The third-order valence-electron chi connectivity index (χ3n) is 3.02. The maximum absolute atomic E-state index is 11.0. The summed E-state index contributed by atoms with van der Waals surface area (Å²) in [4.78, 5) is 11.0. The topological polar surface area (TPSA) is 46.5 Å². The van der Waals surface area contributed by atoms with Crippen molar-refractivity contribution in [1.29, 1.82) is 0 Å². The summed E-state index contributed by atoms with van der Waals surface area (Å²) < 4.78 is 5.44. The summed E-state index contributed by atoms with van der Waals surface area (Å²) in [5.41, 5.74) is 0.819. The molecule has 0 bridgehead atoms. The van der Waals surface area contributed by atoms with Crippen LogP contribution in [0.5, 0.6) is 5.75 Å². The molecule has 2 rings (SSSR count). The van der Waals surface area contributed by atoms with Gasteiger partial charge in [-0.25, -0.2) is 0 Å². The van der Waals surface area contributed by atoms with Gasteiger partial charge in [0.25, 0.3) is 0 Å². The molecule has 1 N–H and O–H groups in total. The molecular weight excluding hydrogens is 228 g/mol. The summed E-state index contributed by atoms with van der Waals surface area (Å²) in [6.07, 6.45) is 0. The molecule has 0 fully saturated rings. The smallest absolute Gasteiger partial charge is 0.310 e. The zero-order valence-electron chi connectivity index (χ0n) is 10.5. The maximum Gasteiger partial charge on any atom is 0.310 e. The first-order valence-corrected chi connectivity index (χ1v) is 6.01. The molecule has 0 aliphatic heterocycles. The highest BCUT2D eigenvalue weighted by atomic mass is 16.5. The average Bonchev–Trinajstić information content (AvgIpc) is 2.37. The monoisotopic (exact) mass is 244 g/mol. The lowest BCUT2D eigenvalue weighted by atomic mass is 9.98. The second-order valence-electron chi connectivity index (χ2n) is 4.26. The molecule has 0 unspecified atom stereocenters. The quantitative estimate of drug-likeness (QED) is 0.896. The third kappa shape index (κ3) is 2.45. The number of rotatable bonds is 4. The highest BCUT2D eigenvalue weighted by Crippen LogP contribution is 2.25. The predicted molar refractivity (Wildman–Crippen MR) is 71.2 cm³/mol. The molecule has 0 heterocycles. The molecule has 0 aliphatic carbocycles. The van der Waals surface area contributed by atoms with Crippen molar-refractivity contribution in [3.63, 3.8) is 0 Å². The van der Waals surface area contributed by atoms with Crippen LogP contribution in [0.15, 0.2) is 36.4 Å².